The fourth-order valence-electron chi connectivity index (χ4n) is 2.66. The third-order valence-corrected chi connectivity index (χ3v) is 4.86. The SMILES string of the molecule is CC1CCC(CN)C(c2cnc(C(F)(F)F)s2)C1. The predicted molar refractivity (Wildman–Crippen MR) is 65.4 cm³/mol. The zero-order valence-corrected chi connectivity index (χ0v) is 11.0. The zero-order chi connectivity index (χ0) is 13.3. The average molecular weight is 278 g/mol. The highest BCUT2D eigenvalue weighted by Gasteiger charge is 2.37. The number of aromatic nitrogens is 1. The molecule has 1 aliphatic rings. The topological polar surface area (TPSA) is 38.9 Å². The van der Waals surface area contributed by atoms with Gasteiger partial charge < -0.3 is 5.73 Å². The summed E-state index contributed by atoms with van der Waals surface area (Å²) in [6.45, 7) is 2.68. The highest BCUT2D eigenvalue weighted by molar-refractivity contribution is 7.11. The summed E-state index contributed by atoms with van der Waals surface area (Å²) < 4.78 is 37.6. The van der Waals surface area contributed by atoms with Crippen LogP contribution in [0.4, 0.5) is 13.2 Å². The third-order valence-electron chi connectivity index (χ3n) is 3.69. The molecule has 0 aliphatic heterocycles. The summed E-state index contributed by atoms with van der Waals surface area (Å²) in [5.41, 5.74) is 5.73. The van der Waals surface area contributed by atoms with Gasteiger partial charge in [0.05, 0.1) is 0 Å². The molecule has 1 saturated carbocycles. The van der Waals surface area contributed by atoms with Gasteiger partial charge in [0.1, 0.15) is 0 Å². The highest BCUT2D eigenvalue weighted by Crippen LogP contribution is 2.43. The van der Waals surface area contributed by atoms with Gasteiger partial charge in [-0.3, -0.25) is 0 Å². The Morgan fingerprint density at radius 1 is 1.44 bits per heavy atom. The van der Waals surface area contributed by atoms with Gasteiger partial charge in [-0.2, -0.15) is 13.2 Å². The summed E-state index contributed by atoms with van der Waals surface area (Å²) in [5, 5.41) is -0.744. The van der Waals surface area contributed by atoms with Gasteiger partial charge in [-0.15, -0.1) is 11.3 Å². The van der Waals surface area contributed by atoms with Crippen LogP contribution in [-0.4, -0.2) is 11.5 Å². The summed E-state index contributed by atoms with van der Waals surface area (Å²) in [6, 6.07) is 0. The van der Waals surface area contributed by atoms with Crippen LogP contribution in [-0.2, 0) is 6.18 Å². The van der Waals surface area contributed by atoms with E-state index in [4.69, 9.17) is 5.73 Å². The molecular formula is C12H17F3N2S. The minimum absolute atomic E-state index is 0.146. The molecule has 0 amide bonds. The van der Waals surface area contributed by atoms with Gasteiger partial charge in [0, 0.05) is 11.1 Å². The van der Waals surface area contributed by atoms with Crippen molar-refractivity contribution in [3.63, 3.8) is 0 Å². The summed E-state index contributed by atoms with van der Waals surface area (Å²) in [7, 11) is 0. The van der Waals surface area contributed by atoms with Crippen LogP contribution in [0, 0.1) is 11.8 Å². The second-order valence-corrected chi connectivity index (χ2v) is 6.15. The van der Waals surface area contributed by atoms with Gasteiger partial charge in [-0.25, -0.2) is 4.98 Å². The Hall–Kier alpha value is -0.620. The van der Waals surface area contributed by atoms with Crippen LogP contribution in [0.25, 0.3) is 0 Å². The van der Waals surface area contributed by atoms with Gasteiger partial charge in [-0.05, 0) is 37.1 Å². The molecule has 1 heterocycles. The Balaban J connectivity index is 2.20. The molecule has 1 aromatic heterocycles. The van der Waals surface area contributed by atoms with Gasteiger partial charge in [-0.1, -0.05) is 13.3 Å². The van der Waals surface area contributed by atoms with Crippen LogP contribution < -0.4 is 5.73 Å². The first-order valence-electron chi connectivity index (χ1n) is 6.14. The lowest BCUT2D eigenvalue weighted by molar-refractivity contribution is -0.137. The molecule has 0 saturated heterocycles. The fourth-order valence-corrected chi connectivity index (χ4v) is 3.65. The molecule has 3 unspecified atom stereocenters. The number of nitrogens with zero attached hydrogens (tertiary/aromatic N) is 1. The van der Waals surface area contributed by atoms with E-state index in [-0.39, 0.29) is 5.92 Å². The van der Waals surface area contributed by atoms with Crippen molar-refractivity contribution in [2.75, 3.05) is 6.54 Å². The number of thiazole rings is 1. The molecule has 0 aromatic carbocycles. The molecule has 102 valence electrons. The fraction of sp³-hybridized carbons (Fsp3) is 0.750. The Labute approximate surface area is 108 Å². The van der Waals surface area contributed by atoms with E-state index >= 15 is 0 Å². The van der Waals surface area contributed by atoms with Crippen molar-refractivity contribution in [2.45, 2.75) is 38.3 Å². The first-order chi connectivity index (χ1) is 8.41. The van der Waals surface area contributed by atoms with Gasteiger partial charge >= 0.3 is 6.18 Å². The summed E-state index contributed by atoms with van der Waals surface area (Å²) in [6.07, 6.45) is 0.0898. The standard InChI is InChI=1S/C12H17F3N2S/c1-7-2-3-8(5-16)9(4-7)10-6-17-11(18-10)12(13,14)15/h6-9H,2-5,16H2,1H3. The lowest BCUT2D eigenvalue weighted by Crippen LogP contribution is -2.27. The Morgan fingerprint density at radius 3 is 2.72 bits per heavy atom. The molecule has 6 heteroatoms. The number of hydrogen-bond acceptors (Lipinski definition) is 3. The van der Waals surface area contributed by atoms with E-state index in [9.17, 15) is 13.2 Å². The van der Waals surface area contributed by atoms with Crippen LogP contribution in [0.3, 0.4) is 0 Å². The molecule has 0 spiro atoms. The largest absolute Gasteiger partial charge is 0.443 e. The molecule has 0 bridgehead atoms. The van der Waals surface area contributed by atoms with Crippen molar-refractivity contribution in [3.05, 3.63) is 16.1 Å². The number of alkyl halides is 3. The number of nitrogens with two attached hydrogens (primary N) is 1. The van der Waals surface area contributed by atoms with Crippen molar-refractivity contribution in [2.24, 2.45) is 17.6 Å². The van der Waals surface area contributed by atoms with Crippen LogP contribution >= 0.6 is 11.3 Å². The third kappa shape index (κ3) is 2.85. The van der Waals surface area contributed by atoms with E-state index in [1.165, 1.54) is 6.20 Å². The smallest absolute Gasteiger partial charge is 0.330 e. The average Bonchev–Trinajstić information content (AvgIpc) is 2.77. The summed E-state index contributed by atoms with van der Waals surface area (Å²) >= 11 is 0.776. The second kappa shape index (κ2) is 5.17. The van der Waals surface area contributed by atoms with Crippen LogP contribution in [0.15, 0.2) is 6.20 Å². The van der Waals surface area contributed by atoms with Crippen LogP contribution in [0.2, 0.25) is 0 Å². The molecule has 2 N–H and O–H groups in total. The monoisotopic (exact) mass is 278 g/mol. The molecular weight excluding hydrogens is 261 g/mol. The Morgan fingerprint density at radius 2 is 2.17 bits per heavy atom. The van der Waals surface area contributed by atoms with E-state index in [0.717, 1.165) is 35.5 Å². The van der Waals surface area contributed by atoms with Gasteiger partial charge in [0.2, 0.25) is 0 Å². The Bertz CT molecular complexity index is 402. The number of hydrogen-bond donors (Lipinski definition) is 1. The van der Waals surface area contributed by atoms with Crippen molar-refractivity contribution < 1.29 is 13.2 Å². The van der Waals surface area contributed by atoms with E-state index in [0.29, 0.717) is 18.4 Å². The quantitative estimate of drug-likeness (QED) is 0.897. The Kier molecular flexibility index (Phi) is 3.96. The van der Waals surface area contributed by atoms with Gasteiger partial charge in [0.25, 0.3) is 0 Å². The van der Waals surface area contributed by atoms with Crippen molar-refractivity contribution >= 4 is 11.3 Å². The molecule has 18 heavy (non-hydrogen) atoms. The lowest BCUT2D eigenvalue weighted by atomic mass is 9.74. The summed E-state index contributed by atoms with van der Waals surface area (Å²) in [4.78, 5) is 4.25. The van der Waals surface area contributed by atoms with Crippen molar-refractivity contribution in [3.8, 4) is 0 Å². The van der Waals surface area contributed by atoms with E-state index in [2.05, 4.69) is 11.9 Å². The van der Waals surface area contributed by atoms with Crippen LogP contribution in [0.5, 0.6) is 0 Å². The van der Waals surface area contributed by atoms with E-state index < -0.39 is 11.2 Å². The summed E-state index contributed by atoms with van der Waals surface area (Å²) in [5.74, 6) is 0.990. The molecule has 1 aromatic rings. The first-order valence-corrected chi connectivity index (χ1v) is 6.96. The van der Waals surface area contributed by atoms with Gasteiger partial charge in [0.15, 0.2) is 5.01 Å². The van der Waals surface area contributed by atoms with Crippen molar-refractivity contribution in [1.29, 1.82) is 0 Å². The maximum Gasteiger partial charge on any atom is 0.443 e. The molecule has 3 atom stereocenters. The normalized spacial score (nSPS) is 29.5. The molecule has 2 rings (SSSR count). The van der Waals surface area contributed by atoms with Crippen LogP contribution in [0.1, 0.15) is 42.0 Å². The maximum atomic E-state index is 12.5. The maximum absolute atomic E-state index is 12.5. The van der Waals surface area contributed by atoms with E-state index in [1.807, 2.05) is 0 Å². The first kappa shape index (κ1) is 13.8. The minimum atomic E-state index is -4.33. The molecule has 2 nitrogen and oxygen atoms in total. The number of halogens is 3. The van der Waals surface area contributed by atoms with Crippen molar-refractivity contribution in [1.82, 2.24) is 4.98 Å². The molecule has 0 radical (unpaired) electrons. The highest BCUT2D eigenvalue weighted by atomic mass is 32.1. The van der Waals surface area contributed by atoms with E-state index in [1.54, 1.807) is 0 Å². The minimum Gasteiger partial charge on any atom is -0.330 e. The second-order valence-electron chi connectivity index (χ2n) is 5.09. The number of rotatable bonds is 2. The lowest BCUT2D eigenvalue weighted by Gasteiger charge is -2.33. The zero-order valence-electron chi connectivity index (χ0n) is 10.2. The molecule has 1 aliphatic carbocycles. The predicted octanol–water partition coefficient (Wildman–Crippen LogP) is 3.64. The molecule has 1 fully saturated rings.